The van der Waals surface area contributed by atoms with Gasteiger partial charge < -0.3 is 4.90 Å². The van der Waals surface area contributed by atoms with Gasteiger partial charge in [0.15, 0.2) is 0 Å². The summed E-state index contributed by atoms with van der Waals surface area (Å²) in [7, 11) is 0. The van der Waals surface area contributed by atoms with Crippen molar-refractivity contribution in [2.45, 2.75) is 52.0 Å². The molecule has 1 aliphatic heterocycles. The molecule has 1 unspecified atom stereocenters. The Bertz CT molecular complexity index is 386. The molecule has 5 heteroatoms. The fourth-order valence-electron chi connectivity index (χ4n) is 2.85. The number of carbonyl (C=O) groups excluding carboxylic acids is 3. The van der Waals surface area contributed by atoms with E-state index in [0.717, 1.165) is 32.1 Å². The molecule has 0 radical (unpaired) electrons. The van der Waals surface area contributed by atoms with Gasteiger partial charge in [0.05, 0.1) is 0 Å². The van der Waals surface area contributed by atoms with Gasteiger partial charge in [-0.2, -0.15) is 0 Å². The minimum Gasteiger partial charge on any atom is -0.321 e. The lowest BCUT2D eigenvalue weighted by Gasteiger charge is -2.40. The van der Waals surface area contributed by atoms with E-state index in [2.05, 4.69) is 5.32 Å². The highest BCUT2D eigenvalue weighted by molar-refractivity contribution is 6.04. The summed E-state index contributed by atoms with van der Waals surface area (Å²) in [6.07, 6.45) is 4.96. The maximum absolute atomic E-state index is 12.6. The van der Waals surface area contributed by atoms with E-state index in [1.54, 1.807) is 6.92 Å². The van der Waals surface area contributed by atoms with E-state index < -0.39 is 11.5 Å². The van der Waals surface area contributed by atoms with E-state index in [-0.39, 0.29) is 24.3 Å². The van der Waals surface area contributed by atoms with Gasteiger partial charge in [0, 0.05) is 5.41 Å². The summed E-state index contributed by atoms with van der Waals surface area (Å²) in [5.41, 5.74) is -0.398. The predicted octanol–water partition coefficient (Wildman–Crippen LogP) is 0.830. The number of nitrogens with zero attached hydrogens (tertiary/aromatic N) is 1. The smallest absolute Gasteiger partial charge is 0.249 e. The molecule has 5 nitrogen and oxygen atoms in total. The molecule has 1 heterocycles. The lowest BCUT2D eigenvalue weighted by Crippen LogP contribution is -2.61. The SMILES string of the molecule is CC1C(=O)NC(=O)CN1C(=O)C1(C)CCCCC1. The molecule has 0 aromatic rings. The van der Waals surface area contributed by atoms with Crippen molar-refractivity contribution in [2.24, 2.45) is 5.41 Å². The summed E-state index contributed by atoms with van der Waals surface area (Å²) in [6.45, 7) is 3.63. The van der Waals surface area contributed by atoms with Crippen molar-refractivity contribution in [3.8, 4) is 0 Å². The van der Waals surface area contributed by atoms with Crippen molar-refractivity contribution in [3.63, 3.8) is 0 Å². The number of hydrogen-bond donors (Lipinski definition) is 1. The first-order chi connectivity index (χ1) is 8.44. The summed E-state index contributed by atoms with van der Waals surface area (Å²) in [6, 6.07) is -0.547. The fourth-order valence-corrected chi connectivity index (χ4v) is 2.85. The summed E-state index contributed by atoms with van der Waals surface area (Å²) >= 11 is 0. The Hall–Kier alpha value is -1.39. The van der Waals surface area contributed by atoms with Crippen LogP contribution in [0.15, 0.2) is 0 Å². The Balaban J connectivity index is 2.16. The normalized spacial score (nSPS) is 27.9. The van der Waals surface area contributed by atoms with Crippen LogP contribution in [-0.4, -0.2) is 35.2 Å². The Morgan fingerprint density at radius 1 is 1.28 bits per heavy atom. The molecule has 0 aromatic heterocycles. The molecule has 1 N–H and O–H groups in total. The largest absolute Gasteiger partial charge is 0.321 e. The van der Waals surface area contributed by atoms with Crippen LogP contribution in [0.5, 0.6) is 0 Å². The first-order valence-electron chi connectivity index (χ1n) is 6.59. The Kier molecular flexibility index (Phi) is 3.41. The molecule has 100 valence electrons. The second-order valence-corrected chi connectivity index (χ2v) is 5.64. The minimum atomic E-state index is -0.547. The van der Waals surface area contributed by atoms with Gasteiger partial charge in [-0.05, 0) is 19.8 Å². The second kappa shape index (κ2) is 4.71. The third-order valence-electron chi connectivity index (χ3n) is 4.16. The molecule has 0 aromatic carbocycles. The van der Waals surface area contributed by atoms with Crippen molar-refractivity contribution in [1.82, 2.24) is 10.2 Å². The standard InChI is InChI=1S/C13H20N2O3/c1-9-11(17)14-10(16)8-15(9)12(18)13(2)6-4-3-5-7-13/h9H,3-8H2,1-2H3,(H,14,16,17). The molecule has 2 aliphatic rings. The molecule has 1 aliphatic carbocycles. The van der Waals surface area contributed by atoms with Gasteiger partial charge in [0.2, 0.25) is 17.7 Å². The summed E-state index contributed by atoms with van der Waals surface area (Å²) in [5.74, 6) is -0.803. The van der Waals surface area contributed by atoms with Gasteiger partial charge in [-0.25, -0.2) is 0 Å². The van der Waals surface area contributed by atoms with Crippen molar-refractivity contribution in [2.75, 3.05) is 6.54 Å². The second-order valence-electron chi connectivity index (χ2n) is 5.64. The van der Waals surface area contributed by atoms with Gasteiger partial charge >= 0.3 is 0 Å². The van der Waals surface area contributed by atoms with E-state index in [1.165, 1.54) is 4.90 Å². The lowest BCUT2D eigenvalue weighted by molar-refractivity contribution is -0.156. The molecule has 1 saturated heterocycles. The zero-order chi connectivity index (χ0) is 13.3. The van der Waals surface area contributed by atoms with Crippen molar-refractivity contribution < 1.29 is 14.4 Å². The van der Waals surface area contributed by atoms with Gasteiger partial charge in [0.25, 0.3) is 0 Å². The van der Waals surface area contributed by atoms with Crippen LogP contribution in [0.3, 0.4) is 0 Å². The third kappa shape index (κ3) is 2.26. The number of carbonyl (C=O) groups is 3. The Labute approximate surface area is 107 Å². The lowest BCUT2D eigenvalue weighted by atomic mass is 9.74. The van der Waals surface area contributed by atoms with Crippen molar-refractivity contribution in [1.29, 1.82) is 0 Å². The minimum absolute atomic E-state index is 0.00132. The van der Waals surface area contributed by atoms with Crippen LogP contribution < -0.4 is 5.32 Å². The molecule has 2 fully saturated rings. The molecular formula is C13H20N2O3. The molecular weight excluding hydrogens is 232 g/mol. The zero-order valence-corrected chi connectivity index (χ0v) is 11.0. The number of rotatable bonds is 1. The highest BCUT2D eigenvalue weighted by Crippen LogP contribution is 2.38. The zero-order valence-electron chi connectivity index (χ0n) is 11.0. The molecule has 1 atom stereocenters. The van der Waals surface area contributed by atoms with E-state index in [4.69, 9.17) is 0 Å². The maximum Gasteiger partial charge on any atom is 0.249 e. The van der Waals surface area contributed by atoms with Crippen LogP contribution in [0.1, 0.15) is 46.0 Å². The number of amides is 3. The Morgan fingerprint density at radius 3 is 2.50 bits per heavy atom. The quantitative estimate of drug-likeness (QED) is 0.703. The highest BCUT2D eigenvalue weighted by Gasteiger charge is 2.42. The number of imide groups is 1. The monoisotopic (exact) mass is 252 g/mol. The van der Waals surface area contributed by atoms with Crippen molar-refractivity contribution in [3.05, 3.63) is 0 Å². The topological polar surface area (TPSA) is 66.5 Å². The van der Waals surface area contributed by atoms with Gasteiger partial charge in [-0.1, -0.05) is 26.2 Å². The Morgan fingerprint density at radius 2 is 1.89 bits per heavy atom. The van der Waals surface area contributed by atoms with Gasteiger partial charge in [-0.3, -0.25) is 19.7 Å². The number of nitrogens with one attached hydrogen (secondary N) is 1. The van der Waals surface area contributed by atoms with Crippen LogP contribution >= 0.6 is 0 Å². The first kappa shape index (κ1) is 13.1. The van der Waals surface area contributed by atoms with Crippen molar-refractivity contribution >= 4 is 17.7 Å². The van der Waals surface area contributed by atoms with Crippen LogP contribution in [0.25, 0.3) is 0 Å². The van der Waals surface area contributed by atoms with Gasteiger partial charge in [-0.15, -0.1) is 0 Å². The number of piperazine rings is 1. The van der Waals surface area contributed by atoms with Crippen LogP contribution in [0.2, 0.25) is 0 Å². The van der Waals surface area contributed by atoms with Crippen LogP contribution in [-0.2, 0) is 14.4 Å². The number of hydrogen-bond acceptors (Lipinski definition) is 3. The molecule has 0 spiro atoms. The molecule has 1 saturated carbocycles. The first-order valence-corrected chi connectivity index (χ1v) is 6.59. The van der Waals surface area contributed by atoms with Gasteiger partial charge in [0.1, 0.15) is 12.6 Å². The third-order valence-corrected chi connectivity index (χ3v) is 4.16. The van der Waals surface area contributed by atoms with Crippen LogP contribution in [0, 0.1) is 5.41 Å². The molecule has 3 amide bonds. The average Bonchev–Trinajstić information content (AvgIpc) is 2.34. The highest BCUT2D eigenvalue weighted by atomic mass is 16.2. The molecule has 2 rings (SSSR count). The van der Waals surface area contributed by atoms with E-state index in [1.807, 2.05) is 6.92 Å². The van der Waals surface area contributed by atoms with E-state index in [0.29, 0.717) is 0 Å². The molecule has 18 heavy (non-hydrogen) atoms. The predicted molar refractivity (Wildman–Crippen MR) is 65.5 cm³/mol. The summed E-state index contributed by atoms with van der Waals surface area (Å²) in [5, 5.41) is 2.26. The summed E-state index contributed by atoms with van der Waals surface area (Å²) < 4.78 is 0. The van der Waals surface area contributed by atoms with Crippen LogP contribution in [0.4, 0.5) is 0 Å². The maximum atomic E-state index is 12.6. The summed E-state index contributed by atoms with van der Waals surface area (Å²) in [4.78, 5) is 37.0. The molecule has 0 bridgehead atoms. The fraction of sp³-hybridized carbons (Fsp3) is 0.769. The van der Waals surface area contributed by atoms with E-state index >= 15 is 0 Å². The van der Waals surface area contributed by atoms with E-state index in [9.17, 15) is 14.4 Å². The average molecular weight is 252 g/mol.